The summed E-state index contributed by atoms with van der Waals surface area (Å²) in [6.45, 7) is 0. The van der Waals surface area contributed by atoms with Crippen LogP contribution in [0, 0.1) is 0 Å². The summed E-state index contributed by atoms with van der Waals surface area (Å²) in [5, 5.41) is 11.2. The number of hydrogen-bond acceptors (Lipinski definition) is 4. The molecule has 0 aromatic carbocycles. The van der Waals surface area contributed by atoms with E-state index in [9.17, 15) is 9.59 Å². The predicted octanol–water partition coefficient (Wildman–Crippen LogP) is 1.01. The van der Waals surface area contributed by atoms with E-state index in [1.807, 2.05) is 0 Å². The van der Waals surface area contributed by atoms with E-state index in [0.29, 0.717) is 12.2 Å². The topological polar surface area (TPSA) is 79.3 Å². The van der Waals surface area contributed by atoms with Crippen LogP contribution in [-0.2, 0) is 4.79 Å². The van der Waals surface area contributed by atoms with Crippen LogP contribution in [0.15, 0.2) is 23.2 Å². The number of thioether (sulfide) groups is 1. The molecule has 0 spiro atoms. The van der Waals surface area contributed by atoms with Crippen molar-refractivity contribution in [3.05, 3.63) is 24.0 Å². The molecule has 1 aromatic heterocycles. The number of aromatic carboxylic acids is 1. The maximum atomic E-state index is 10.9. The Morgan fingerprint density at radius 2 is 2.31 bits per heavy atom. The van der Waals surface area contributed by atoms with Gasteiger partial charge in [0.2, 0.25) is 5.91 Å². The molecule has 6 heteroatoms. The first-order chi connectivity index (χ1) is 7.63. The summed E-state index contributed by atoms with van der Waals surface area (Å²) in [6.07, 6.45) is 1.86. The van der Waals surface area contributed by atoms with Crippen molar-refractivity contribution in [1.29, 1.82) is 0 Å². The van der Waals surface area contributed by atoms with Gasteiger partial charge in [0.25, 0.3) is 0 Å². The number of carbonyl (C=O) groups excluding carboxylic acids is 1. The molecule has 0 atom stereocenters. The van der Waals surface area contributed by atoms with Gasteiger partial charge in [0.05, 0.1) is 0 Å². The predicted molar refractivity (Wildman–Crippen MR) is 60.6 cm³/mol. The number of carboxylic acids is 1. The van der Waals surface area contributed by atoms with Crippen LogP contribution >= 0.6 is 11.8 Å². The molecule has 0 bridgehead atoms. The molecule has 16 heavy (non-hydrogen) atoms. The molecule has 0 aliphatic heterocycles. The quantitative estimate of drug-likeness (QED) is 0.751. The summed E-state index contributed by atoms with van der Waals surface area (Å²) in [7, 11) is 1.59. The van der Waals surface area contributed by atoms with E-state index in [0.717, 1.165) is 4.90 Å². The zero-order valence-electron chi connectivity index (χ0n) is 8.77. The third-order valence-corrected chi connectivity index (χ3v) is 2.82. The number of carbonyl (C=O) groups is 2. The number of aromatic nitrogens is 1. The normalized spacial score (nSPS) is 9.81. The highest BCUT2D eigenvalue weighted by Gasteiger charge is 2.05. The Morgan fingerprint density at radius 1 is 1.56 bits per heavy atom. The summed E-state index contributed by atoms with van der Waals surface area (Å²) >= 11 is 1.43. The van der Waals surface area contributed by atoms with E-state index < -0.39 is 5.97 Å². The van der Waals surface area contributed by atoms with Gasteiger partial charge in [-0.05, 0) is 12.1 Å². The van der Waals surface area contributed by atoms with Gasteiger partial charge < -0.3 is 10.4 Å². The molecule has 1 rings (SSSR count). The standard InChI is InChI=1S/C10H12N2O3S/c1-11-9(13)3-5-16-7-2-4-12-8(6-7)10(14)15/h2,4,6H,3,5H2,1H3,(H,11,13)(H,14,15). The molecule has 0 saturated heterocycles. The van der Waals surface area contributed by atoms with E-state index in [4.69, 9.17) is 5.11 Å². The van der Waals surface area contributed by atoms with Gasteiger partial charge in [0.15, 0.2) is 0 Å². The average Bonchev–Trinajstić information content (AvgIpc) is 2.29. The molecule has 5 nitrogen and oxygen atoms in total. The van der Waals surface area contributed by atoms with Gasteiger partial charge in [0, 0.05) is 30.3 Å². The first kappa shape index (κ1) is 12.5. The summed E-state index contributed by atoms with van der Waals surface area (Å²) in [5.41, 5.74) is 0.0185. The number of hydrogen-bond donors (Lipinski definition) is 2. The zero-order valence-corrected chi connectivity index (χ0v) is 9.58. The second-order valence-corrected chi connectivity index (χ2v) is 4.12. The lowest BCUT2D eigenvalue weighted by Gasteiger charge is -2.01. The molecule has 0 aliphatic carbocycles. The minimum Gasteiger partial charge on any atom is -0.477 e. The summed E-state index contributed by atoms with van der Waals surface area (Å²) in [5.74, 6) is -0.461. The maximum absolute atomic E-state index is 10.9. The van der Waals surface area contributed by atoms with Crippen LogP contribution < -0.4 is 5.32 Å². The van der Waals surface area contributed by atoms with Crippen LogP contribution in [0.3, 0.4) is 0 Å². The Kier molecular flexibility index (Phi) is 4.78. The average molecular weight is 240 g/mol. The second kappa shape index (κ2) is 6.12. The van der Waals surface area contributed by atoms with Crippen LogP contribution in [0.1, 0.15) is 16.9 Å². The highest BCUT2D eigenvalue weighted by molar-refractivity contribution is 7.99. The Labute approximate surface area is 97.3 Å². The Morgan fingerprint density at radius 3 is 2.94 bits per heavy atom. The smallest absolute Gasteiger partial charge is 0.354 e. The largest absolute Gasteiger partial charge is 0.477 e. The first-order valence-electron chi connectivity index (χ1n) is 4.66. The molecule has 0 aliphatic rings. The third-order valence-electron chi connectivity index (χ3n) is 1.83. The van der Waals surface area contributed by atoms with Crippen molar-refractivity contribution < 1.29 is 14.7 Å². The van der Waals surface area contributed by atoms with E-state index in [2.05, 4.69) is 10.3 Å². The second-order valence-electron chi connectivity index (χ2n) is 2.95. The Balaban J connectivity index is 2.51. The van der Waals surface area contributed by atoms with Crippen molar-refractivity contribution in [2.45, 2.75) is 11.3 Å². The number of carboxylic acid groups (broad SMARTS) is 1. The fourth-order valence-corrected chi connectivity index (χ4v) is 1.88. The molecular weight excluding hydrogens is 228 g/mol. The lowest BCUT2D eigenvalue weighted by molar-refractivity contribution is -0.120. The number of nitrogens with zero attached hydrogens (tertiary/aromatic N) is 1. The third kappa shape index (κ3) is 3.90. The van der Waals surface area contributed by atoms with Gasteiger partial charge in [-0.3, -0.25) is 4.79 Å². The molecule has 1 heterocycles. The number of nitrogens with one attached hydrogen (secondary N) is 1. The number of amides is 1. The Bertz CT molecular complexity index is 395. The van der Waals surface area contributed by atoms with E-state index in [-0.39, 0.29) is 11.6 Å². The molecule has 0 fully saturated rings. The van der Waals surface area contributed by atoms with E-state index in [1.54, 1.807) is 13.1 Å². The van der Waals surface area contributed by atoms with Crippen LogP contribution in [0.25, 0.3) is 0 Å². The van der Waals surface area contributed by atoms with Crippen molar-refractivity contribution in [3.8, 4) is 0 Å². The minimum absolute atomic E-state index is 0.0185. The molecule has 0 radical (unpaired) electrons. The van der Waals surface area contributed by atoms with Gasteiger partial charge in [-0.15, -0.1) is 11.8 Å². The van der Waals surface area contributed by atoms with Gasteiger partial charge in [-0.25, -0.2) is 9.78 Å². The van der Waals surface area contributed by atoms with Crippen molar-refractivity contribution in [3.63, 3.8) is 0 Å². The lowest BCUT2D eigenvalue weighted by atomic mass is 10.3. The molecule has 86 valence electrons. The summed E-state index contributed by atoms with van der Waals surface area (Å²) in [4.78, 5) is 26.1. The highest BCUT2D eigenvalue weighted by atomic mass is 32.2. The Hall–Kier alpha value is -1.56. The van der Waals surface area contributed by atoms with Crippen molar-refractivity contribution in [2.75, 3.05) is 12.8 Å². The SMILES string of the molecule is CNC(=O)CCSc1ccnc(C(=O)O)c1. The lowest BCUT2D eigenvalue weighted by Crippen LogP contribution is -2.17. The molecule has 2 N–H and O–H groups in total. The maximum Gasteiger partial charge on any atom is 0.354 e. The van der Waals surface area contributed by atoms with Crippen molar-refractivity contribution >= 4 is 23.6 Å². The van der Waals surface area contributed by atoms with Crippen LogP contribution in [-0.4, -0.2) is 34.8 Å². The molecule has 1 aromatic rings. The molecular formula is C10H12N2O3S. The first-order valence-corrected chi connectivity index (χ1v) is 5.64. The molecule has 0 unspecified atom stereocenters. The fraction of sp³-hybridized carbons (Fsp3) is 0.300. The number of rotatable bonds is 5. The monoisotopic (exact) mass is 240 g/mol. The van der Waals surface area contributed by atoms with E-state index >= 15 is 0 Å². The van der Waals surface area contributed by atoms with Gasteiger partial charge in [-0.2, -0.15) is 0 Å². The minimum atomic E-state index is -1.05. The summed E-state index contributed by atoms with van der Waals surface area (Å²) < 4.78 is 0. The highest BCUT2D eigenvalue weighted by Crippen LogP contribution is 2.18. The van der Waals surface area contributed by atoms with Gasteiger partial charge in [-0.1, -0.05) is 0 Å². The van der Waals surface area contributed by atoms with Crippen LogP contribution in [0.5, 0.6) is 0 Å². The van der Waals surface area contributed by atoms with Gasteiger partial charge in [0.1, 0.15) is 5.69 Å². The van der Waals surface area contributed by atoms with Crippen LogP contribution in [0.2, 0.25) is 0 Å². The van der Waals surface area contributed by atoms with Crippen molar-refractivity contribution in [2.24, 2.45) is 0 Å². The fourth-order valence-electron chi connectivity index (χ4n) is 1.00. The van der Waals surface area contributed by atoms with Crippen LogP contribution in [0.4, 0.5) is 0 Å². The van der Waals surface area contributed by atoms with Gasteiger partial charge >= 0.3 is 5.97 Å². The molecule has 1 amide bonds. The molecule has 0 saturated carbocycles. The summed E-state index contributed by atoms with van der Waals surface area (Å²) in [6, 6.07) is 3.22. The van der Waals surface area contributed by atoms with E-state index in [1.165, 1.54) is 24.0 Å². The number of pyridine rings is 1. The zero-order chi connectivity index (χ0) is 12.0. The van der Waals surface area contributed by atoms with Crippen molar-refractivity contribution in [1.82, 2.24) is 10.3 Å².